The molecular weight excluding hydrogens is 444 g/mol. The fourth-order valence-corrected chi connectivity index (χ4v) is 4.46. The van der Waals surface area contributed by atoms with Crippen molar-refractivity contribution in [2.75, 3.05) is 19.1 Å². The molecule has 1 N–H and O–H groups in total. The van der Waals surface area contributed by atoms with Gasteiger partial charge in [0.15, 0.2) is 0 Å². The molecule has 35 heavy (non-hydrogen) atoms. The lowest BCUT2D eigenvalue weighted by atomic mass is 9.94. The zero-order valence-corrected chi connectivity index (χ0v) is 20.0. The van der Waals surface area contributed by atoms with Gasteiger partial charge in [-0.2, -0.15) is 0 Å². The minimum absolute atomic E-state index is 0.0590. The lowest BCUT2D eigenvalue weighted by Crippen LogP contribution is -2.47. The molecule has 1 fully saturated rings. The lowest BCUT2D eigenvalue weighted by molar-refractivity contribution is -0.123. The summed E-state index contributed by atoms with van der Waals surface area (Å²) in [5, 5.41) is 3.19. The first-order valence-corrected chi connectivity index (χ1v) is 11.8. The predicted octanol–water partition coefficient (Wildman–Crippen LogP) is 4.33. The third-order valence-electron chi connectivity index (χ3n) is 6.22. The van der Waals surface area contributed by atoms with Crippen LogP contribution in [0.25, 0.3) is 0 Å². The molecular formula is C27H30N4O4. The molecule has 1 unspecified atom stereocenters. The molecule has 1 aliphatic carbocycles. The Labute approximate surface area is 205 Å². The van der Waals surface area contributed by atoms with E-state index in [0.29, 0.717) is 22.7 Å². The average Bonchev–Trinajstić information content (AvgIpc) is 2.92. The zero-order valence-electron chi connectivity index (χ0n) is 20.0. The smallest absolute Gasteiger partial charge is 0.277 e. The van der Waals surface area contributed by atoms with E-state index in [1.54, 1.807) is 74.2 Å². The Morgan fingerprint density at radius 1 is 1.00 bits per heavy atom. The van der Waals surface area contributed by atoms with Crippen LogP contribution in [0.2, 0.25) is 0 Å². The van der Waals surface area contributed by atoms with Gasteiger partial charge in [-0.1, -0.05) is 25.3 Å². The number of hydrogen-bond donors (Lipinski definition) is 1. The minimum Gasteiger partial charge on any atom is -0.497 e. The fourth-order valence-electron chi connectivity index (χ4n) is 4.46. The average molecular weight is 475 g/mol. The largest absolute Gasteiger partial charge is 0.497 e. The Morgan fingerprint density at radius 2 is 1.83 bits per heavy atom. The maximum Gasteiger partial charge on any atom is 0.277 e. The summed E-state index contributed by atoms with van der Waals surface area (Å²) in [6.45, 7) is 0. The van der Waals surface area contributed by atoms with Crippen LogP contribution in [-0.4, -0.2) is 42.0 Å². The fraction of sp³-hybridized carbons (Fsp3) is 0.333. The van der Waals surface area contributed by atoms with E-state index in [0.717, 1.165) is 25.7 Å². The summed E-state index contributed by atoms with van der Waals surface area (Å²) in [6, 6.07) is 12.9. The molecule has 1 aliphatic rings. The summed E-state index contributed by atoms with van der Waals surface area (Å²) >= 11 is 0. The summed E-state index contributed by atoms with van der Waals surface area (Å²) in [6.07, 6.45) is 9.89. The van der Waals surface area contributed by atoms with Gasteiger partial charge in [-0.25, -0.2) is 0 Å². The quantitative estimate of drug-likeness (QED) is 0.522. The zero-order chi connectivity index (χ0) is 24.6. The molecule has 8 nitrogen and oxygen atoms in total. The van der Waals surface area contributed by atoms with E-state index in [1.165, 1.54) is 18.4 Å². The van der Waals surface area contributed by atoms with E-state index in [9.17, 15) is 9.59 Å². The molecule has 0 aliphatic heterocycles. The van der Waals surface area contributed by atoms with Gasteiger partial charge in [0.1, 0.15) is 23.2 Å². The lowest BCUT2D eigenvalue weighted by Gasteiger charge is -2.33. The Morgan fingerprint density at radius 3 is 2.49 bits per heavy atom. The van der Waals surface area contributed by atoms with E-state index in [-0.39, 0.29) is 17.6 Å². The summed E-state index contributed by atoms with van der Waals surface area (Å²) in [7, 11) is 3.09. The van der Waals surface area contributed by atoms with Gasteiger partial charge in [-0.3, -0.25) is 24.5 Å². The highest BCUT2D eigenvalue weighted by Gasteiger charge is 2.37. The minimum atomic E-state index is -1.02. The van der Waals surface area contributed by atoms with Gasteiger partial charge < -0.3 is 14.8 Å². The van der Waals surface area contributed by atoms with Gasteiger partial charge in [0.05, 0.1) is 26.1 Å². The van der Waals surface area contributed by atoms with Crippen molar-refractivity contribution in [1.29, 1.82) is 0 Å². The maximum atomic E-state index is 14.0. The third-order valence-corrected chi connectivity index (χ3v) is 6.22. The SMILES string of the molecule is COc1ccc(C(C(=O)NC2CCCCC2)N(C(=O)c2ccccn2)c2cccnc2)c(OC)c1. The maximum absolute atomic E-state index is 14.0. The Bertz CT molecular complexity index is 1130. The molecule has 3 aromatic rings. The van der Waals surface area contributed by atoms with E-state index in [2.05, 4.69) is 15.3 Å². The van der Waals surface area contributed by atoms with Crippen molar-refractivity contribution in [2.45, 2.75) is 44.2 Å². The van der Waals surface area contributed by atoms with E-state index in [1.807, 2.05) is 0 Å². The van der Waals surface area contributed by atoms with Crippen LogP contribution in [0.1, 0.15) is 54.2 Å². The molecule has 2 aromatic heterocycles. The first kappa shape index (κ1) is 24.2. The Kier molecular flexibility index (Phi) is 7.92. The molecule has 2 amide bonds. The van der Waals surface area contributed by atoms with Crippen molar-refractivity contribution in [1.82, 2.24) is 15.3 Å². The van der Waals surface area contributed by atoms with Crippen LogP contribution in [0, 0.1) is 0 Å². The van der Waals surface area contributed by atoms with Crippen molar-refractivity contribution in [3.63, 3.8) is 0 Å². The van der Waals surface area contributed by atoms with Gasteiger partial charge in [-0.05, 0) is 49.2 Å². The molecule has 0 radical (unpaired) electrons. The summed E-state index contributed by atoms with van der Waals surface area (Å²) < 4.78 is 11.0. The highest BCUT2D eigenvalue weighted by molar-refractivity contribution is 6.09. The van der Waals surface area contributed by atoms with Crippen LogP contribution >= 0.6 is 0 Å². The van der Waals surface area contributed by atoms with Gasteiger partial charge in [-0.15, -0.1) is 0 Å². The van der Waals surface area contributed by atoms with E-state index in [4.69, 9.17) is 9.47 Å². The molecule has 182 valence electrons. The Balaban J connectivity index is 1.84. The highest BCUT2D eigenvalue weighted by atomic mass is 16.5. The number of ether oxygens (including phenoxy) is 2. The molecule has 0 bridgehead atoms. The normalized spacial score (nSPS) is 14.6. The number of nitrogens with zero attached hydrogens (tertiary/aromatic N) is 3. The molecule has 8 heteroatoms. The van der Waals surface area contributed by atoms with E-state index < -0.39 is 11.9 Å². The van der Waals surface area contributed by atoms with Crippen molar-refractivity contribution in [3.05, 3.63) is 78.4 Å². The first-order chi connectivity index (χ1) is 17.1. The molecule has 2 heterocycles. The van der Waals surface area contributed by atoms with Gasteiger partial charge >= 0.3 is 0 Å². The van der Waals surface area contributed by atoms with Crippen molar-refractivity contribution in [3.8, 4) is 11.5 Å². The van der Waals surface area contributed by atoms with E-state index >= 15 is 0 Å². The van der Waals surface area contributed by atoms with Crippen LogP contribution in [0.5, 0.6) is 11.5 Å². The molecule has 1 aromatic carbocycles. The molecule has 1 atom stereocenters. The van der Waals surface area contributed by atoms with Crippen LogP contribution in [0.3, 0.4) is 0 Å². The number of amides is 2. The monoisotopic (exact) mass is 474 g/mol. The summed E-state index contributed by atoms with van der Waals surface area (Å²) in [5.41, 5.74) is 1.24. The highest BCUT2D eigenvalue weighted by Crippen LogP contribution is 2.36. The number of methoxy groups -OCH3 is 2. The molecule has 1 saturated carbocycles. The summed E-state index contributed by atoms with van der Waals surface area (Å²) in [5.74, 6) is 0.325. The van der Waals surface area contributed by atoms with Crippen molar-refractivity contribution < 1.29 is 19.1 Å². The van der Waals surface area contributed by atoms with Crippen LogP contribution < -0.4 is 19.7 Å². The van der Waals surface area contributed by atoms with Gasteiger partial charge in [0.2, 0.25) is 5.91 Å². The second-order valence-corrected chi connectivity index (χ2v) is 8.46. The topological polar surface area (TPSA) is 93.7 Å². The van der Waals surface area contributed by atoms with Crippen LogP contribution in [0.15, 0.2) is 67.1 Å². The number of rotatable bonds is 8. The molecule has 0 saturated heterocycles. The predicted molar refractivity (Wildman–Crippen MR) is 133 cm³/mol. The number of aromatic nitrogens is 2. The molecule has 4 rings (SSSR count). The second-order valence-electron chi connectivity index (χ2n) is 8.46. The number of carbonyl (C=O) groups excluding carboxylic acids is 2. The van der Waals surface area contributed by atoms with Crippen molar-refractivity contribution in [2.24, 2.45) is 0 Å². The van der Waals surface area contributed by atoms with Gasteiger partial charge in [0, 0.05) is 30.1 Å². The number of hydrogen-bond acceptors (Lipinski definition) is 6. The number of anilines is 1. The Hall–Kier alpha value is -3.94. The number of carbonyl (C=O) groups is 2. The standard InChI is InChI=1S/C27H30N4O4/c1-34-21-13-14-22(24(17-21)35-2)25(26(32)30-19-9-4-3-5-10-19)31(20-11-8-15-28-18-20)27(33)23-12-6-7-16-29-23/h6-8,11-19,25H,3-5,9-10H2,1-2H3,(H,30,32). The van der Waals surface area contributed by atoms with Crippen LogP contribution in [0.4, 0.5) is 5.69 Å². The number of benzene rings is 1. The summed E-state index contributed by atoms with van der Waals surface area (Å²) in [4.78, 5) is 37.7. The number of nitrogens with one attached hydrogen (secondary N) is 1. The van der Waals surface area contributed by atoms with Crippen molar-refractivity contribution >= 4 is 17.5 Å². The molecule has 0 spiro atoms. The van der Waals surface area contributed by atoms with Gasteiger partial charge in [0.25, 0.3) is 5.91 Å². The van der Waals surface area contributed by atoms with Crippen LogP contribution in [-0.2, 0) is 4.79 Å². The second kappa shape index (κ2) is 11.5. The first-order valence-electron chi connectivity index (χ1n) is 11.8. The number of pyridine rings is 2. The third kappa shape index (κ3) is 5.59.